The van der Waals surface area contributed by atoms with Gasteiger partial charge in [-0.3, -0.25) is 19.0 Å². The molecule has 0 saturated carbocycles. The van der Waals surface area contributed by atoms with Gasteiger partial charge in [0.15, 0.2) is 12.4 Å². The fourth-order valence-electron chi connectivity index (χ4n) is 3.23. The highest BCUT2D eigenvalue weighted by atomic mass is 35.5. The van der Waals surface area contributed by atoms with E-state index in [4.69, 9.17) is 27.9 Å². The molecular formula is C22H22Cl2N8O3. The second-order valence-corrected chi connectivity index (χ2v) is 8.33. The van der Waals surface area contributed by atoms with E-state index in [-0.39, 0.29) is 23.8 Å². The lowest BCUT2D eigenvalue weighted by Gasteiger charge is -2.09. The first-order valence-corrected chi connectivity index (χ1v) is 11.3. The fraction of sp³-hybridized carbons (Fsp3) is 0.227. The van der Waals surface area contributed by atoms with Gasteiger partial charge in [-0.2, -0.15) is 15.3 Å². The first kappa shape index (κ1) is 24.3. The number of hydrogen-bond acceptors (Lipinski definition) is 6. The summed E-state index contributed by atoms with van der Waals surface area (Å²) in [5.74, 6) is -0.492. The average molecular weight is 517 g/mol. The molecule has 0 bridgehead atoms. The molecule has 182 valence electrons. The van der Waals surface area contributed by atoms with Crippen molar-refractivity contribution in [2.45, 2.75) is 27.1 Å². The Morgan fingerprint density at radius 2 is 1.80 bits per heavy atom. The number of amides is 2. The van der Waals surface area contributed by atoms with Crippen molar-refractivity contribution in [3.05, 3.63) is 70.0 Å². The summed E-state index contributed by atoms with van der Waals surface area (Å²) in [6.45, 7) is 4.15. The molecule has 0 saturated heterocycles. The van der Waals surface area contributed by atoms with Crippen molar-refractivity contribution in [2.24, 2.45) is 7.05 Å². The van der Waals surface area contributed by atoms with Gasteiger partial charge in [0.1, 0.15) is 11.4 Å². The van der Waals surface area contributed by atoms with Gasteiger partial charge in [-0.05, 0) is 38.1 Å². The van der Waals surface area contributed by atoms with Gasteiger partial charge in [-0.15, -0.1) is 0 Å². The number of carbonyl (C=O) groups is 2. The minimum atomic E-state index is -0.504. The van der Waals surface area contributed by atoms with Gasteiger partial charge in [-0.25, -0.2) is 4.68 Å². The second kappa shape index (κ2) is 10.2. The lowest BCUT2D eigenvalue weighted by molar-refractivity contribution is 0.101. The number of hydrogen-bond donors (Lipinski definition) is 2. The molecule has 0 atom stereocenters. The summed E-state index contributed by atoms with van der Waals surface area (Å²) in [5, 5.41) is 18.9. The Labute approximate surface area is 210 Å². The first-order valence-electron chi connectivity index (χ1n) is 10.5. The summed E-state index contributed by atoms with van der Waals surface area (Å²) in [6.07, 6.45) is 4.58. The smallest absolute Gasteiger partial charge is 0.276 e. The van der Waals surface area contributed by atoms with Crippen LogP contribution < -0.4 is 15.4 Å². The molecule has 1 aromatic carbocycles. The molecule has 3 aromatic heterocycles. The molecule has 0 spiro atoms. The molecule has 0 radical (unpaired) electrons. The van der Waals surface area contributed by atoms with Gasteiger partial charge < -0.3 is 15.4 Å². The summed E-state index contributed by atoms with van der Waals surface area (Å²) < 4.78 is 10.2. The standard InChI is InChI=1S/C22H22Cl2N8O3/c1-4-32-20(22(34)27-17-10-25-30(3)13(17)2)18(11-26-32)28-21(33)16-7-8-31(29-16)12-35-19-6-5-14(23)9-15(19)24/h5-11H,4,12H2,1-3H3,(H,27,34)(H,28,33). The SMILES string of the molecule is CCn1ncc(NC(=O)c2ccn(COc3ccc(Cl)cc3Cl)n2)c1C(=O)Nc1cnn(C)c1C. The van der Waals surface area contributed by atoms with Crippen LogP contribution in [-0.2, 0) is 20.3 Å². The Balaban J connectivity index is 1.45. The molecule has 0 aliphatic heterocycles. The van der Waals surface area contributed by atoms with Gasteiger partial charge >= 0.3 is 0 Å². The maximum Gasteiger partial charge on any atom is 0.276 e. The Hall–Kier alpha value is -3.83. The number of aryl methyl sites for hydroxylation is 2. The maximum absolute atomic E-state index is 13.0. The molecule has 35 heavy (non-hydrogen) atoms. The predicted molar refractivity (Wildman–Crippen MR) is 131 cm³/mol. The molecule has 11 nitrogen and oxygen atoms in total. The third-order valence-corrected chi connectivity index (χ3v) is 5.74. The summed E-state index contributed by atoms with van der Waals surface area (Å²) in [5.41, 5.74) is 1.96. The van der Waals surface area contributed by atoms with Crippen LogP contribution in [0, 0.1) is 6.92 Å². The van der Waals surface area contributed by atoms with E-state index in [1.807, 2.05) is 13.8 Å². The van der Waals surface area contributed by atoms with Crippen molar-refractivity contribution in [3.8, 4) is 5.75 Å². The highest BCUT2D eigenvalue weighted by molar-refractivity contribution is 6.35. The van der Waals surface area contributed by atoms with Crippen LogP contribution in [0.3, 0.4) is 0 Å². The van der Waals surface area contributed by atoms with Crippen LogP contribution in [0.2, 0.25) is 10.0 Å². The summed E-state index contributed by atoms with van der Waals surface area (Å²) in [7, 11) is 1.78. The Bertz CT molecular complexity index is 1390. The summed E-state index contributed by atoms with van der Waals surface area (Å²) >= 11 is 12.0. The zero-order valence-corrected chi connectivity index (χ0v) is 20.6. The quantitative estimate of drug-likeness (QED) is 0.365. The highest BCUT2D eigenvalue weighted by Gasteiger charge is 2.22. The molecule has 2 N–H and O–H groups in total. The Morgan fingerprint density at radius 1 is 1.06 bits per heavy atom. The van der Waals surface area contributed by atoms with E-state index in [1.165, 1.54) is 21.6 Å². The molecular weight excluding hydrogens is 495 g/mol. The minimum Gasteiger partial charge on any atom is -0.470 e. The molecule has 4 rings (SSSR count). The Kier molecular flexibility index (Phi) is 7.08. The van der Waals surface area contributed by atoms with Crippen LogP contribution in [0.15, 0.2) is 42.9 Å². The van der Waals surface area contributed by atoms with Crippen molar-refractivity contribution in [3.63, 3.8) is 0 Å². The number of carbonyl (C=O) groups excluding carboxylic acids is 2. The number of nitrogens with zero attached hydrogens (tertiary/aromatic N) is 6. The predicted octanol–water partition coefficient (Wildman–Crippen LogP) is 3.99. The monoisotopic (exact) mass is 516 g/mol. The molecule has 3 heterocycles. The highest BCUT2D eigenvalue weighted by Crippen LogP contribution is 2.27. The number of aromatic nitrogens is 6. The molecule has 13 heteroatoms. The van der Waals surface area contributed by atoms with Crippen LogP contribution in [0.25, 0.3) is 0 Å². The van der Waals surface area contributed by atoms with Crippen molar-refractivity contribution >= 4 is 46.4 Å². The first-order chi connectivity index (χ1) is 16.8. The third kappa shape index (κ3) is 5.31. The largest absolute Gasteiger partial charge is 0.470 e. The van der Waals surface area contributed by atoms with Crippen molar-refractivity contribution in [1.82, 2.24) is 29.3 Å². The molecule has 4 aromatic rings. The fourth-order valence-corrected chi connectivity index (χ4v) is 3.69. The van der Waals surface area contributed by atoms with Crippen molar-refractivity contribution < 1.29 is 14.3 Å². The third-order valence-electron chi connectivity index (χ3n) is 5.21. The van der Waals surface area contributed by atoms with Gasteiger partial charge in [-0.1, -0.05) is 23.2 Å². The zero-order chi connectivity index (χ0) is 25.1. The van der Waals surface area contributed by atoms with E-state index in [1.54, 1.807) is 42.3 Å². The number of ether oxygens (including phenoxy) is 1. The van der Waals surface area contributed by atoms with Crippen molar-refractivity contribution in [2.75, 3.05) is 10.6 Å². The molecule has 0 fully saturated rings. The Morgan fingerprint density at radius 3 is 2.49 bits per heavy atom. The second-order valence-electron chi connectivity index (χ2n) is 7.49. The van der Waals surface area contributed by atoms with Gasteiger partial charge in [0.25, 0.3) is 11.8 Å². The molecule has 0 unspecified atom stereocenters. The number of nitrogens with one attached hydrogen (secondary N) is 2. The van der Waals surface area contributed by atoms with Crippen molar-refractivity contribution in [1.29, 1.82) is 0 Å². The summed E-state index contributed by atoms with van der Waals surface area (Å²) in [4.78, 5) is 25.8. The lowest BCUT2D eigenvalue weighted by Crippen LogP contribution is -2.21. The van der Waals surface area contributed by atoms with E-state index in [0.29, 0.717) is 28.0 Å². The van der Waals surface area contributed by atoms with Gasteiger partial charge in [0.05, 0.1) is 34.5 Å². The minimum absolute atomic E-state index is 0.0283. The number of anilines is 2. The topological polar surface area (TPSA) is 121 Å². The normalized spacial score (nSPS) is 10.9. The number of halogens is 2. The van der Waals surface area contributed by atoms with Gasteiger partial charge in [0, 0.05) is 24.8 Å². The maximum atomic E-state index is 13.0. The number of rotatable bonds is 8. The van der Waals surface area contributed by atoms with E-state index in [0.717, 1.165) is 5.69 Å². The summed E-state index contributed by atoms with van der Waals surface area (Å²) in [6, 6.07) is 6.41. The van der Waals surface area contributed by atoms with Crippen LogP contribution >= 0.6 is 23.2 Å². The molecule has 2 amide bonds. The molecule has 0 aliphatic carbocycles. The number of benzene rings is 1. The van der Waals surface area contributed by atoms with Gasteiger partial charge in [0.2, 0.25) is 0 Å². The zero-order valence-electron chi connectivity index (χ0n) is 19.1. The van der Waals surface area contributed by atoms with Crippen LogP contribution in [-0.4, -0.2) is 41.2 Å². The van der Waals surface area contributed by atoms with E-state index >= 15 is 0 Å². The van der Waals surface area contributed by atoms with E-state index < -0.39 is 11.8 Å². The lowest BCUT2D eigenvalue weighted by atomic mass is 10.3. The van der Waals surface area contributed by atoms with Crippen LogP contribution in [0.4, 0.5) is 11.4 Å². The van der Waals surface area contributed by atoms with E-state index in [2.05, 4.69) is 25.9 Å². The average Bonchev–Trinajstić information content (AvgIpc) is 3.54. The van der Waals surface area contributed by atoms with E-state index in [9.17, 15) is 9.59 Å². The van der Waals surface area contributed by atoms with Crippen LogP contribution in [0.1, 0.15) is 33.6 Å². The van der Waals surface area contributed by atoms with Crippen LogP contribution in [0.5, 0.6) is 5.75 Å². The molecule has 0 aliphatic rings.